The van der Waals surface area contributed by atoms with Crippen molar-refractivity contribution in [2.45, 2.75) is 32.8 Å². The number of aromatic amines is 1. The van der Waals surface area contributed by atoms with Gasteiger partial charge in [0, 0.05) is 30.7 Å². The number of hydrogen-bond donors (Lipinski definition) is 3. The van der Waals surface area contributed by atoms with Crippen LogP contribution in [0.5, 0.6) is 0 Å². The fourth-order valence-corrected chi connectivity index (χ4v) is 2.60. The molecule has 120 valence electrons. The molecule has 3 N–H and O–H groups in total. The highest BCUT2D eigenvalue weighted by Gasteiger charge is 2.18. The fraction of sp³-hybridized carbons (Fsp3) is 0.471. The Bertz CT molecular complexity index is 655. The molecule has 0 unspecified atom stereocenters. The number of H-pyrrole nitrogens is 1. The number of aliphatic hydroxyl groups is 1. The van der Waals surface area contributed by atoms with Crippen LogP contribution in [-0.2, 0) is 6.42 Å². The molecule has 1 aromatic carbocycles. The molecule has 5 heteroatoms. The first-order valence-electron chi connectivity index (χ1n) is 7.54. The van der Waals surface area contributed by atoms with Crippen molar-refractivity contribution < 1.29 is 9.90 Å². The van der Waals surface area contributed by atoms with Crippen molar-refractivity contribution in [1.29, 1.82) is 0 Å². The molecule has 22 heavy (non-hydrogen) atoms. The van der Waals surface area contributed by atoms with E-state index in [1.807, 2.05) is 6.20 Å². The van der Waals surface area contributed by atoms with Crippen molar-refractivity contribution >= 4 is 16.9 Å². The Morgan fingerprint density at radius 3 is 2.82 bits per heavy atom. The first-order chi connectivity index (χ1) is 10.3. The molecule has 2 amide bonds. The minimum Gasteiger partial charge on any atom is -0.389 e. The zero-order chi connectivity index (χ0) is 16.3. The summed E-state index contributed by atoms with van der Waals surface area (Å²) in [4.78, 5) is 16.7. The summed E-state index contributed by atoms with van der Waals surface area (Å²) in [5.41, 5.74) is 2.66. The normalized spacial score (nSPS) is 11.7. The molecular weight excluding hydrogens is 278 g/mol. The van der Waals surface area contributed by atoms with Crippen LogP contribution in [-0.4, -0.2) is 46.8 Å². The monoisotopic (exact) mass is 303 g/mol. The van der Waals surface area contributed by atoms with Gasteiger partial charge in [0.1, 0.15) is 0 Å². The minimum absolute atomic E-state index is 0.169. The van der Waals surface area contributed by atoms with Gasteiger partial charge in [0.25, 0.3) is 0 Å². The third kappa shape index (κ3) is 4.24. The van der Waals surface area contributed by atoms with Gasteiger partial charge in [-0.1, -0.05) is 12.1 Å². The lowest BCUT2D eigenvalue weighted by atomic mass is 10.1. The number of nitrogens with zero attached hydrogens (tertiary/aromatic N) is 1. The number of benzene rings is 1. The Balaban J connectivity index is 1.89. The molecule has 0 bridgehead atoms. The molecule has 0 fully saturated rings. The number of aromatic nitrogens is 1. The molecule has 2 rings (SSSR count). The topological polar surface area (TPSA) is 68.4 Å². The van der Waals surface area contributed by atoms with Gasteiger partial charge in [-0.15, -0.1) is 0 Å². The van der Waals surface area contributed by atoms with Crippen molar-refractivity contribution in [1.82, 2.24) is 15.2 Å². The van der Waals surface area contributed by atoms with Crippen LogP contribution in [0.1, 0.15) is 25.0 Å². The zero-order valence-electron chi connectivity index (χ0n) is 13.7. The molecule has 0 atom stereocenters. The van der Waals surface area contributed by atoms with E-state index < -0.39 is 5.60 Å². The van der Waals surface area contributed by atoms with Crippen molar-refractivity contribution in [2.24, 2.45) is 0 Å². The molecule has 0 radical (unpaired) electrons. The first-order valence-corrected chi connectivity index (χ1v) is 7.54. The number of urea groups is 1. The van der Waals surface area contributed by atoms with Gasteiger partial charge < -0.3 is 20.3 Å². The van der Waals surface area contributed by atoms with Gasteiger partial charge in [-0.05, 0) is 44.4 Å². The van der Waals surface area contributed by atoms with Gasteiger partial charge in [-0.25, -0.2) is 4.79 Å². The maximum absolute atomic E-state index is 12.0. The van der Waals surface area contributed by atoms with Crippen molar-refractivity contribution in [3.8, 4) is 0 Å². The summed E-state index contributed by atoms with van der Waals surface area (Å²) in [6.07, 6.45) is 2.77. The van der Waals surface area contributed by atoms with E-state index in [9.17, 15) is 9.90 Å². The molecule has 5 nitrogen and oxygen atoms in total. The number of nitrogens with one attached hydrogen (secondary N) is 2. The molecule has 1 aromatic heterocycles. The molecule has 1 heterocycles. The largest absolute Gasteiger partial charge is 0.389 e. The van der Waals surface area contributed by atoms with E-state index in [-0.39, 0.29) is 6.03 Å². The van der Waals surface area contributed by atoms with E-state index >= 15 is 0 Å². The summed E-state index contributed by atoms with van der Waals surface area (Å²) in [6, 6.07) is 6.15. The van der Waals surface area contributed by atoms with Crippen LogP contribution < -0.4 is 5.32 Å². The molecule has 0 aliphatic rings. The van der Waals surface area contributed by atoms with Crippen LogP contribution in [0.15, 0.2) is 24.4 Å². The number of likely N-dealkylation sites (N-methyl/N-ethyl adjacent to an activating group) is 1. The number of hydrogen-bond acceptors (Lipinski definition) is 2. The van der Waals surface area contributed by atoms with Crippen LogP contribution in [0.25, 0.3) is 10.9 Å². The molecule has 2 aromatic rings. The second-order valence-corrected chi connectivity index (χ2v) is 6.51. The Morgan fingerprint density at radius 2 is 2.14 bits per heavy atom. The Kier molecular flexibility index (Phi) is 4.76. The maximum atomic E-state index is 12.0. The predicted molar refractivity (Wildman–Crippen MR) is 89.1 cm³/mol. The molecule has 0 aliphatic carbocycles. The van der Waals surface area contributed by atoms with E-state index in [2.05, 4.69) is 35.4 Å². The molecule has 0 saturated heterocycles. The maximum Gasteiger partial charge on any atom is 0.317 e. The van der Waals surface area contributed by atoms with Gasteiger partial charge in [-0.3, -0.25) is 0 Å². The number of carbonyl (C=O) groups excluding carboxylic acids is 1. The van der Waals surface area contributed by atoms with Crippen LogP contribution in [0.4, 0.5) is 4.79 Å². The lowest BCUT2D eigenvalue weighted by Crippen LogP contribution is -2.45. The number of carbonyl (C=O) groups is 1. The summed E-state index contributed by atoms with van der Waals surface area (Å²) in [6.45, 7) is 6.30. The predicted octanol–water partition coefficient (Wildman–Crippen LogP) is 2.43. The Labute approximate surface area is 131 Å². The van der Waals surface area contributed by atoms with Crippen molar-refractivity contribution in [3.63, 3.8) is 0 Å². The summed E-state index contributed by atoms with van der Waals surface area (Å²) < 4.78 is 0. The highest BCUT2D eigenvalue weighted by molar-refractivity contribution is 5.83. The standard InChI is InChI=1S/C17H25N3O2/c1-12-5-6-14-13(10-19-15(14)9-12)7-8-18-16(21)20(4)11-17(2,3)22/h5-6,9-10,19,22H,7-8,11H2,1-4H3,(H,18,21). The minimum atomic E-state index is -0.888. The third-order valence-corrected chi connectivity index (χ3v) is 3.56. The second kappa shape index (κ2) is 6.40. The van der Waals surface area contributed by atoms with Crippen LogP contribution in [0.2, 0.25) is 0 Å². The molecule has 0 spiro atoms. The summed E-state index contributed by atoms with van der Waals surface area (Å²) in [5.74, 6) is 0. The molecule has 0 saturated carbocycles. The van der Waals surface area contributed by atoms with Crippen LogP contribution >= 0.6 is 0 Å². The lowest BCUT2D eigenvalue weighted by molar-refractivity contribution is 0.0532. The zero-order valence-corrected chi connectivity index (χ0v) is 13.7. The Morgan fingerprint density at radius 1 is 1.41 bits per heavy atom. The summed E-state index contributed by atoms with van der Waals surface area (Å²) in [5, 5.41) is 13.8. The SMILES string of the molecule is Cc1ccc2c(CCNC(=O)N(C)CC(C)(C)O)c[nH]c2c1. The van der Waals surface area contributed by atoms with E-state index in [1.54, 1.807) is 20.9 Å². The average Bonchev–Trinajstić information content (AvgIpc) is 2.79. The number of rotatable bonds is 5. The van der Waals surface area contributed by atoms with Gasteiger partial charge in [0.05, 0.1) is 12.1 Å². The lowest BCUT2D eigenvalue weighted by Gasteiger charge is -2.25. The molecule has 0 aliphatic heterocycles. The smallest absolute Gasteiger partial charge is 0.317 e. The Hall–Kier alpha value is -2.01. The number of amides is 2. The van der Waals surface area contributed by atoms with Crippen molar-refractivity contribution in [3.05, 3.63) is 35.5 Å². The molecular formula is C17H25N3O2. The van der Waals surface area contributed by atoms with E-state index in [4.69, 9.17) is 0 Å². The third-order valence-electron chi connectivity index (χ3n) is 3.56. The van der Waals surface area contributed by atoms with E-state index in [0.717, 1.165) is 11.9 Å². The highest BCUT2D eigenvalue weighted by Crippen LogP contribution is 2.19. The highest BCUT2D eigenvalue weighted by atomic mass is 16.3. The second-order valence-electron chi connectivity index (χ2n) is 6.51. The fourth-order valence-electron chi connectivity index (χ4n) is 2.60. The van der Waals surface area contributed by atoms with Gasteiger partial charge in [0.15, 0.2) is 0 Å². The van der Waals surface area contributed by atoms with Gasteiger partial charge in [-0.2, -0.15) is 0 Å². The first kappa shape index (κ1) is 16.4. The number of fused-ring (bicyclic) bond motifs is 1. The average molecular weight is 303 g/mol. The summed E-state index contributed by atoms with van der Waals surface area (Å²) in [7, 11) is 1.68. The van der Waals surface area contributed by atoms with Gasteiger partial charge >= 0.3 is 6.03 Å². The van der Waals surface area contributed by atoms with E-state index in [1.165, 1.54) is 21.4 Å². The van der Waals surface area contributed by atoms with Crippen LogP contribution in [0.3, 0.4) is 0 Å². The van der Waals surface area contributed by atoms with Crippen molar-refractivity contribution in [2.75, 3.05) is 20.1 Å². The quantitative estimate of drug-likeness (QED) is 0.794. The summed E-state index contributed by atoms with van der Waals surface area (Å²) >= 11 is 0. The van der Waals surface area contributed by atoms with E-state index in [0.29, 0.717) is 13.1 Å². The van der Waals surface area contributed by atoms with Crippen LogP contribution in [0, 0.1) is 6.92 Å². The number of aryl methyl sites for hydroxylation is 1. The van der Waals surface area contributed by atoms with Gasteiger partial charge in [0.2, 0.25) is 0 Å².